The molecule has 1 fully saturated rings. The fourth-order valence-electron chi connectivity index (χ4n) is 5.17. The second-order valence-corrected chi connectivity index (χ2v) is 12.7. The van der Waals surface area contributed by atoms with Gasteiger partial charge < -0.3 is 30.4 Å². The van der Waals surface area contributed by atoms with Gasteiger partial charge in [0.05, 0.1) is 11.3 Å². The van der Waals surface area contributed by atoms with Gasteiger partial charge in [0.1, 0.15) is 53.2 Å². The van der Waals surface area contributed by atoms with E-state index in [0.717, 1.165) is 49.0 Å². The summed E-state index contributed by atoms with van der Waals surface area (Å²) in [5.74, 6) is 3.20. The number of hydrogen-bond acceptors (Lipinski definition) is 11. The van der Waals surface area contributed by atoms with Crippen LogP contribution in [0.1, 0.15) is 75.1 Å². The summed E-state index contributed by atoms with van der Waals surface area (Å²) in [4.78, 5) is 21.2. The second kappa shape index (κ2) is 15.6. The molecule has 0 aliphatic heterocycles. The molecule has 1 atom stereocenters. The monoisotopic (exact) mass is 626 g/mol. The molecular weight excluding hydrogens is 580 g/mol. The number of aldehydes is 1. The largest absolute Gasteiger partial charge is 0.457 e. The highest BCUT2D eigenvalue weighted by atomic mass is 16.5. The van der Waals surface area contributed by atoms with Crippen LogP contribution in [0.4, 0.5) is 11.6 Å². The van der Waals surface area contributed by atoms with Crippen LogP contribution in [0.5, 0.6) is 11.5 Å². The van der Waals surface area contributed by atoms with E-state index in [-0.39, 0.29) is 17.2 Å². The molecule has 244 valence electrons. The predicted octanol–water partition coefficient (Wildman–Crippen LogP) is 5.98. The summed E-state index contributed by atoms with van der Waals surface area (Å²) < 4.78 is 11.1. The third-order valence-corrected chi connectivity index (χ3v) is 7.98. The molecule has 2 aromatic heterocycles. The van der Waals surface area contributed by atoms with Crippen LogP contribution in [0.2, 0.25) is 0 Å². The Kier molecular flexibility index (Phi) is 11.6. The SMILES string of the molecule is CN(C)C(C=O)c1cc(C(C)(C)C)on1.CNC1CCC(Nc2ncnc(N)c2C(=N)c2ccc(Oc3ccccc3)cc2)CC1. The molecule has 46 heavy (non-hydrogen) atoms. The number of nitrogens with one attached hydrogen (secondary N) is 3. The summed E-state index contributed by atoms with van der Waals surface area (Å²) >= 11 is 0. The smallest absolute Gasteiger partial charge is 0.143 e. The summed E-state index contributed by atoms with van der Waals surface area (Å²) in [5, 5.41) is 19.6. The molecule has 5 N–H and O–H groups in total. The minimum absolute atomic E-state index is 0.0784. The minimum Gasteiger partial charge on any atom is -0.457 e. The van der Waals surface area contributed by atoms with Crippen LogP contribution in [0.15, 0.2) is 71.5 Å². The van der Waals surface area contributed by atoms with Gasteiger partial charge in [-0.3, -0.25) is 10.3 Å². The van der Waals surface area contributed by atoms with Crippen LogP contribution in [0.25, 0.3) is 0 Å². The van der Waals surface area contributed by atoms with Crippen molar-refractivity contribution < 1.29 is 14.1 Å². The van der Waals surface area contributed by atoms with Gasteiger partial charge >= 0.3 is 0 Å². The zero-order chi connectivity index (χ0) is 33.3. The lowest BCUT2D eigenvalue weighted by molar-refractivity contribution is -0.111. The Hall–Kier alpha value is -4.61. The number of para-hydroxylation sites is 1. The van der Waals surface area contributed by atoms with Crippen molar-refractivity contribution in [2.75, 3.05) is 32.2 Å². The molecule has 0 spiro atoms. The highest BCUT2D eigenvalue weighted by Crippen LogP contribution is 2.28. The average Bonchev–Trinajstić information content (AvgIpc) is 3.53. The molecule has 0 saturated heterocycles. The van der Waals surface area contributed by atoms with Crippen molar-refractivity contribution >= 4 is 23.6 Å². The highest BCUT2D eigenvalue weighted by Gasteiger charge is 2.25. The molecule has 1 saturated carbocycles. The number of hydrogen-bond donors (Lipinski definition) is 4. The van der Waals surface area contributed by atoms with Crippen LogP contribution in [-0.4, -0.2) is 65.2 Å². The first kappa shape index (κ1) is 34.3. The van der Waals surface area contributed by atoms with Crippen LogP contribution in [0.3, 0.4) is 0 Å². The van der Waals surface area contributed by atoms with Crippen LogP contribution in [0, 0.1) is 5.41 Å². The van der Waals surface area contributed by atoms with Crippen molar-refractivity contribution in [2.45, 2.75) is 70.0 Å². The van der Waals surface area contributed by atoms with Crippen molar-refractivity contribution in [2.24, 2.45) is 0 Å². The normalized spacial score (nSPS) is 17.0. The molecule has 1 unspecified atom stereocenters. The van der Waals surface area contributed by atoms with Crippen molar-refractivity contribution in [1.29, 1.82) is 5.41 Å². The molecule has 11 heteroatoms. The quantitative estimate of drug-likeness (QED) is 0.122. The molecule has 4 aromatic rings. The van der Waals surface area contributed by atoms with Gasteiger partial charge in [0.2, 0.25) is 0 Å². The van der Waals surface area contributed by atoms with Gasteiger partial charge in [-0.15, -0.1) is 0 Å². The van der Waals surface area contributed by atoms with E-state index in [9.17, 15) is 4.79 Å². The van der Waals surface area contributed by atoms with Gasteiger partial charge in [-0.1, -0.05) is 44.1 Å². The lowest BCUT2D eigenvalue weighted by Crippen LogP contribution is -2.35. The van der Waals surface area contributed by atoms with Crippen molar-refractivity contribution in [3.63, 3.8) is 0 Å². The molecule has 1 aliphatic carbocycles. The van der Waals surface area contributed by atoms with Crippen LogP contribution < -0.4 is 21.1 Å². The van der Waals surface area contributed by atoms with Gasteiger partial charge in [0.15, 0.2) is 0 Å². The molecule has 1 aliphatic rings. The number of rotatable bonds is 10. The molecule has 0 radical (unpaired) electrons. The van der Waals surface area contributed by atoms with Gasteiger partial charge in [0, 0.05) is 29.1 Å². The number of nitrogens with zero attached hydrogens (tertiary/aromatic N) is 4. The summed E-state index contributed by atoms with van der Waals surface area (Å²) in [6.45, 7) is 6.13. The third-order valence-electron chi connectivity index (χ3n) is 7.98. The van der Waals surface area contributed by atoms with E-state index >= 15 is 0 Å². The molecule has 0 bridgehead atoms. The lowest BCUT2D eigenvalue weighted by Gasteiger charge is -2.29. The van der Waals surface area contributed by atoms with Crippen LogP contribution >= 0.6 is 0 Å². The number of anilines is 2. The number of nitrogens with two attached hydrogens (primary N) is 1. The number of nitrogen functional groups attached to an aromatic ring is 1. The lowest BCUT2D eigenvalue weighted by atomic mass is 9.91. The van der Waals surface area contributed by atoms with E-state index in [4.69, 9.17) is 20.4 Å². The standard InChI is InChI=1S/C24H28N6O.C11H18N2O2/c1-27-17-9-11-18(12-10-17)30-24-21(23(26)28-15-29-24)22(25)16-7-13-20(14-8-16)31-19-5-3-2-4-6-19;1-11(2,3)10-6-8(12-15-10)9(7-14)13(4)5/h2-8,13-15,17-18,25,27H,9-12H2,1H3,(H3,26,28,29,30);6-7,9H,1-5H3. The Morgan fingerprint density at radius 1 is 1.02 bits per heavy atom. The second-order valence-electron chi connectivity index (χ2n) is 12.7. The molecule has 2 heterocycles. The fourth-order valence-corrected chi connectivity index (χ4v) is 5.17. The Bertz CT molecular complexity index is 1560. The summed E-state index contributed by atoms with van der Waals surface area (Å²) in [6, 6.07) is 19.4. The maximum atomic E-state index is 10.9. The first-order valence-corrected chi connectivity index (χ1v) is 15.6. The number of likely N-dealkylation sites (N-methyl/N-ethyl adjacent to an activating group) is 1. The van der Waals surface area contributed by atoms with Gasteiger partial charge in [-0.2, -0.15) is 0 Å². The number of carbonyl (C=O) groups is 1. The summed E-state index contributed by atoms with van der Waals surface area (Å²) in [7, 11) is 5.69. The molecule has 11 nitrogen and oxygen atoms in total. The molecule has 2 aromatic carbocycles. The van der Waals surface area contributed by atoms with E-state index in [1.54, 1.807) is 4.90 Å². The van der Waals surface area contributed by atoms with E-state index in [0.29, 0.717) is 40.7 Å². The van der Waals surface area contributed by atoms with E-state index in [1.165, 1.54) is 6.33 Å². The first-order chi connectivity index (χ1) is 22.0. The predicted molar refractivity (Wildman–Crippen MR) is 182 cm³/mol. The number of carbonyl (C=O) groups excluding carboxylic acids is 1. The zero-order valence-electron chi connectivity index (χ0n) is 27.6. The van der Waals surface area contributed by atoms with Gasteiger partial charge in [0.25, 0.3) is 0 Å². The van der Waals surface area contributed by atoms with Crippen LogP contribution in [-0.2, 0) is 10.2 Å². The molecule has 5 rings (SSSR count). The Morgan fingerprint density at radius 3 is 2.22 bits per heavy atom. The average molecular weight is 627 g/mol. The minimum atomic E-state index is -0.329. The Morgan fingerprint density at radius 2 is 1.65 bits per heavy atom. The molecular formula is C35H46N8O3. The number of ether oxygens (including phenoxy) is 1. The third kappa shape index (κ3) is 8.98. The number of benzene rings is 2. The van der Waals surface area contributed by atoms with E-state index in [1.807, 2.05) is 103 Å². The summed E-state index contributed by atoms with van der Waals surface area (Å²) in [5.41, 5.74) is 8.31. The first-order valence-electron chi connectivity index (χ1n) is 15.6. The van der Waals surface area contributed by atoms with Gasteiger partial charge in [-0.25, -0.2) is 9.97 Å². The highest BCUT2D eigenvalue weighted by molar-refractivity contribution is 6.16. The fraction of sp³-hybridized carbons (Fsp3) is 0.400. The van der Waals surface area contributed by atoms with Crippen molar-refractivity contribution in [3.05, 3.63) is 89.6 Å². The maximum Gasteiger partial charge on any atom is 0.143 e. The van der Waals surface area contributed by atoms with Crippen molar-refractivity contribution in [1.82, 2.24) is 25.3 Å². The topological polar surface area (TPSA) is 155 Å². The zero-order valence-corrected chi connectivity index (χ0v) is 27.6. The maximum absolute atomic E-state index is 10.9. The van der Waals surface area contributed by atoms with E-state index in [2.05, 4.69) is 25.8 Å². The van der Waals surface area contributed by atoms with Gasteiger partial charge in [-0.05, 0) is 83.2 Å². The summed E-state index contributed by atoms with van der Waals surface area (Å²) in [6.07, 6.45) is 6.64. The van der Waals surface area contributed by atoms with Crippen molar-refractivity contribution in [3.8, 4) is 11.5 Å². The van der Waals surface area contributed by atoms with E-state index < -0.39 is 0 Å². The number of aromatic nitrogens is 3. The molecule has 0 amide bonds. The Labute approximate surface area is 271 Å². The Balaban J connectivity index is 0.000000270.